The fraction of sp³-hybridized carbons (Fsp3) is 0. The Bertz CT molecular complexity index is 758. The number of nitrogens with one attached hydrogen (secondary N) is 1. The molecular weight excluding hydrogens is 294 g/mol. The second-order valence-corrected chi connectivity index (χ2v) is 4.62. The molecule has 2 aromatic carbocycles. The van der Waals surface area contributed by atoms with Crippen LogP contribution in [0.5, 0.6) is 0 Å². The molecule has 0 aliphatic carbocycles. The molecule has 0 aliphatic heterocycles. The number of hydrogen-bond donors (Lipinski definition) is 5. The van der Waals surface area contributed by atoms with Crippen molar-refractivity contribution in [1.29, 1.82) is 0 Å². The summed E-state index contributed by atoms with van der Waals surface area (Å²) in [5.74, 6) is -0.370. The largest absolute Gasteiger partial charge is 0.370 e. The van der Waals surface area contributed by atoms with Crippen molar-refractivity contribution in [3.63, 3.8) is 0 Å². The molecule has 23 heavy (non-hydrogen) atoms. The zero-order chi connectivity index (χ0) is 16.8. The van der Waals surface area contributed by atoms with Crippen LogP contribution < -0.4 is 28.3 Å². The first-order chi connectivity index (χ1) is 10.9. The highest BCUT2D eigenvalue weighted by molar-refractivity contribution is 6.04. The Morgan fingerprint density at radius 3 is 2.04 bits per heavy atom. The molecule has 0 bridgehead atoms. The van der Waals surface area contributed by atoms with Crippen molar-refractivity contribution < 1.29 is 4.79 Å². The van der Waals surface area contributed by atoms with Gasteiger partial charge in [0.15, 0.2) is 11.9 Å². The molecule has 0 radical (unpaired) electrons. The van der Waals surface area contributed by atoms with E-state index in [-0.39, 0.29) is 17.8 Å². The van der Waals surface area contributed by atoms with E-state index in [0.29, 0.717) is 22.6 Å². The van der Waals surface area contributed by atoms with Crippen LogP contribution in [-0.2, 0) is 0 Å². The van der Waals surface area contributed by atoms with Crippen molar-refractivity contribution in [2.45, 2.75) is 0 Å². The van der Waals surface area contributed by atoms with Crippen molar-refractivity contribution in [2.75, 3.05) is 5.32 Å². The van der Waals surface area contributed by atoms with Crippen molar-refractivity contribution in [3.05, 3.63) is 54.1 Å². The predicted molar refractivity (Wildman–Crippen MR) is 91.8 cm³/mol. The van der Waals surface area contributed by atoms with Crippen LogP contribution >= 0.6 is 0 Å². The molecule has 0 spiro atoms. The molecular formula is C15H17N7O. The number of amides is 1. The second-order valence-electron chi connectivity index (χ2n) is 4.62. The average Bonchev–Trinajstić information content (AvgIpc) is 2.47. The van der Waals surface area contributed by atoms with Crippen LogP contribution in [0.2, 0.25) is 0 Å². The smallest absolute Gasteiger partial charge is 0.255 e. The van der Waals surface area contributed by atoms with Crippen LogP contribution in [0.3, 0.4) is 0 Å². The first-order valence-electron chi connectivity index (χ1n) is 6.65. The van der Waals surface area contributed by atoms with Crippen LogP contribution in [0, 0.1) is 0 Å². The lowest BCUT2D eigenvalue weighted by Gasteiger charge is -2.06. The van der Waals surface area contributed by atoms with Gasteiger partial charge in [0, 0.05) is 11.3 Å². The Labute approximate surface area is 132 Å². The lowest BCUT2D eigenvalue weighted by Crippen LogP contribution is -2.21. The van der Waals surface area contributed by atoms with Crippen LogP contribution in [0.1, 0.15) is 10.4 Å². The number of rotatable bonds is 4. The standard InChI is InChI=1S/C15H17N7O/c16-14(17)21-10-6-4-9(5-7-10)13(23)20-11-2-1-3-12(8-11)22-15(18)19/h1-8H,(H,20,23)(H4,16,17,21)(H4,18,19,22). The summed E-state index contributed by atoms with van der Waals surface area (Å²) in [7, 11) is 0. The number of carbonyl (C=O) groups is 1. The summed E-state index contributed by atoms with van der Waals surface area (Å²) in [6, 6.07) is 13.4. The lowest BCUT2D eigenvalue weighted by molar-refractivity contribution is 0.102. The average molecular weight is 311 g/mol. The maximum absolute atomic E-state index is 12.2. The van der Waals surface area contributed by atoms with Gasteiger partial charge < -0.3 is 28.3 Å². The highest BCUT2D eigenvalue weighted by atomic mass is 16.1. The molecule has 0 heterocycles. The number of guanidine groups is 2. The Morgan fingerprint density at radius 2 is 1.43 bits per heavy atom. The van der Waals surface area contributed by atoms with Gasteiger partial charge >= 0.3 is 0 Å². The maximum Gasteiger partial charge on any atom is 0.255 e. The third-order valence-electron chi connectivity index (χ3n) is 2.75. The van der Waals surface area contributed by atoms with Gasteiger partial charge in [-0.3, -0.25) is 4.79 Å². The monoisotopic (exact) mass is 311 g/mol. The Balaban J connectivity index is 2.13. The van der Waals surface area contributed by atoms with E-state index in [1.54, 1.807) is 48.5 Å². The Hall–Kier alpha value is -3.55. The Morgan fingerprint density at radius 1 is 0.826 bits per heavy atom. The molecule has 0 fully saturated rings. The summed E-state index contributed by atoms with van der Waals surface area (Å²) in [6.07, 6.45) is 0. The van der Waals surface area contributed by atoms with Gasteiger partial charge in [0.2, 0.25) is 0 Å². The maximum atomic E-state index is 12.2. The van der Waals surface area contributed by atoms with Crippen molar-refractivity contribution >= 4 is 34.9 Å². The van der Waals surface area contributed by atoms with Crippen LogP contribution in [0.15, 0.2) is 58.5 Å². The van der Waals surface area contributed by atoms with Crippen molar-refractivity contribution in [1.82, 2.24) is 0 Å². The molecule has 2 rings (SSSR count). The van der Waals surface area contributed by atoms with E-state index >= 15 is 0 Å². The SMILES string of the molecule is NC(N)=Nc1ccc(C(=O)Nc2cccc(N=C(N)N)c2)cc1. The number of nitrogens with zero attached hydrogens (tertiary/aromatic N) is 2. The quantitative estimate of drug-likeness (QED) is 0.415. The molecule has 8 heteroatoms. The van der Waals surface area contributed by atoms with Gasteiger partial charge in [0.25, 0.3) is 5.91 Å². The molecule has 0 aromatic heterocycles. The first-order valence-corrected chi connectivity index (χ1v) is 6.65. The number of nitrogens with two attached hydrogens (primary N) is 4. The summed E-state index contributed by atoms with van der Waals surface area (Å²) in [4.78, 5) is 20.0. The molecule has 8 nitrogen and oxygen atoms in total. The van der Waals surface area contributed by atoms with Crippen LogP contribution in [0.4, 0.5) is 17.1 Å². The lowest BCUT2D eigenvalue weighted by atomic mass is 10.2. The highest BCUT2D eigenvalue weighted by Crippen LogP contribution is 2.19. The van der Waals surface area contributed by atoms with E-state index in [9.17, 15) is 4.79 Å². The van der Waals surface area contributed by atoms with E-state index in [0.717, 1.165) is 0 Å². The number of aliphatic imine (C=N–C) groups is 2. The van der Waals surface area contributed by atoms with Crippen LogP contribution in [-0.4, -0.2) is 17.8 Å². The normalized spacial score (nSPS) is 9.74. The molecule has 2 aromatic rings. The highest BCUT2D eigenvalue weighted by Gasteiger charge is 2.06. The van der Waals surface area contributed by atoms with Gasteiger partial charge in [-0.25, -0.2) is 9.98 Å². The third-order valence-corrected chi connectivity index (χ3v) is 2.75. The molecule has 9 N–H and O–H groups in total. The molecule has 1 amide bonds. The third kappa shape index (κ3) is 4.74. The minimum Gasteiger partial charge on any atom is -0.370 e. The summed E-state index contributed by atoms with van der Waals surface area (Å²) >= 11 is 0. The van der Waals surface area contributed by atoms with E-state index in [4.69, 9.17) is 22.9 Å². The van der Waals surface area contributed by atoms with E-state index in [2.05, 4.69) is 15.3 Å². The number of carbonyl (C=O) groups excluding carboxylic acids is 1. The zero-order valence-electron chi connectivity index (χ0n) is 12.2. The minimum atomic E-state index is -0.275. The van der Waals surface area contributed by atoms with Gasteiger partial charge in [-0.1, -0.05) is 6.07 Å². The summed E-state index contributed by atoms with van der Waals surface area (Å²) < 4.78 is 0. The number of hydrogen-bond acceptors (Lipinski definition) is 3. The van der Waals surface area contributed by atoms with Gasteiger partial charge in [-0.2, -0.15) is 0 Å². The fourth-order valence-corrected chi connectivity index (χ4v) is 1.84. The summed E-state index contributed by atoms with van der Waals surface area (Å²) in [5.41, 5.74) is 23.4. The Kier molecular flexibility index (Phi) is 4.78. The minimum absolute atomic E-state index is 0.0428. The van der Waals surface area contributed by atoms with Gasteiger partial charge in [-0.05, 0) is 42.5 Å². The summed E-state index contributed by atoms with van der Waals surface area (Å²) in [5, 5.41) is 2.76. The molecule has 0 unspecified atom stereocenters. The topological polar surface area (TPSA) is 158 Å². The van der Waals surface area contributed by atoms with Crippen molar-refractivity contribution in [2.24, 2.45) is 32.9 Å². The molecule has 0 saturated heterocycles. The molecule has 118 valence electrons. The molecule has 0 saturated carbocycles. The fourth-order valence-electron chi connectivity index (χ4n) is 1.84. The van der Waals surface area contributed by atoms with E-state index in [1.807, 2.05) is 0 Å². The van der Waals surface area contributed by atoms with Gasteiger partial charge in [0.1, 0.15) is 0 Å². The summed E-state index contributed by atoms with van der Waals surface area (Å²) in [6.45, 7) is 0. The molecule has 0 atom stereocenters. The van der Waals surface area contributed by atoms with Crippen LogP contribution in [0.25, 0.3) is 0 Å². The first kappa shape index (κ1) is 15.8. The second kappa shape index (κ2) is 6.94. The zero-order valence-corrected chi connectivity index (χ0v) is 12.2. The van der Waals surface area contributed by atoms with Gasteiger partial charge in [-0.15, -0.1) is 0 Å². The van der Waals surface area contributed by atoms with E-state index in [1.165, 1.54) is 0 Å². The molecule has 0 aliphatic rings. The van der Waals surface area contributed by atoms with Crippen molar-refractivity contribution in [3.8, 4) is 0 Å². The number of benzene rings is 2. The number of anilines is 1. The van der Waals surface area contributed by atoms with E-state index < -0.39 is 0 Å². The predicted octanol–water partition coefficient (Wildman–Crippen LogP) is 0.749. The van der Waals surface area contributed by atoms with Gasteiger partial charge in [0.05, 0.1) is 11.4 Å².